The Morgan fingerprint density at radius 2 is 1.92 bits per heavy atom. The molecule has 36 heavy (non-hydrogen) atoms. The minimum absolute atomic E-state index is 0.0834. The summed E-state index contributed by atoms with van der Waals surface area (Å²) in [5.41, 5.74) is 2.93. The predicted molar refractivity (Wildman–Crippen MR) is 141 cm³/mol. The molecule has 3 aromatic heterocycles. The van der Waals surface area contributed by atoms with E-state index in [4.69, 9.17) is 16.4 Å². The third-order valence-corrected chi connectivity index (χ3v) is 6.99. The topological polar surface area (TPSA) is 101 Å². The zero-order valence-corrected chi connectivity index (χ0v) is 22.4. The van der Waals surface area contributed by atoms with Gasteiger partial charge in [-0.2, -0.15) is 10.4 Å². The minimum atomic E-state index is -0.399. The normalized spacial score (nSPS) is 18.8. The van der Waals surface area contributed by atoms with Crippen LogP contribution in [-0.2, 0) is 18.9 Å². The van der Waals surface area contributed by atoms with Crippen LogP contribution in [0.4, 0.5) is 5.69 Å². The first kappa shape index (κ1) is 25.7. The summed E-state index contributed by atoms with van der Waals surface area (Å²) in [6, 6.07) is 7.63. The van der Waals surface area contributed by atoms with Crippen molar-refractivity contribution in [1.82, 2.24) is 19.3 Å². The highest BCUT2D eigenvalue weighted by Gasteiger charge is 2.32. The predicted octanol–water partition coefficient (Wildman–Crippen LogP) is 4.41. The number of nitrogens with zero attached hydrogens (tertiary/aromatic N) is 7. The van der Waals surface area contributed by atoms with Gasteiger partial charge in [0, 0.05) is 39.3 Å². The molecule has 1 aliphatic rings. The molecule has 0 amide bonds. The number of anilines is 1. The van der Waals surface area contributed by atoms with Crippen LogP contribution in [0.3, 0.4) is 0 Å². The fourth-order valence-corrected chi connectivity index (χ4v) is 5.02. The molecule has 4 rings (SSSR count). The molecule has 0 unspecified atom stereocenters. The van der Waals surface area contributed by atoms with E-state index < -0.39 is 5.60 Å². The Morgan fingerprint density at radius 3 is 2.50 bits per heavy atom. The molecule has 0 atom stereocenters. The SMILES string of the molecule is Cn1nccc1/C(=N/OC(C)(C)C)[C@H]1CC[C@H](N(C)c2c(C#N)c(=O)n(C)c3ccc(Cl)nc23)CC1. The number of oxime groups is 1. The van der Waals surface area contributed by atoms with Gasteiger partial charge in [0.25, 0.3) is 5.56 Å². The second-order valence-electron chi connectivity index (χ2n) is 10.3. The van der Waals surface area contributed by atoms with Gasteiger partial charge in [-0.15, -0.1) is 0 Å². The number of rotatable bonds is 5. The number of hydrogen-bond donors (Lipinski definition) is 0. The van der Waals surface area contributed by atoms with Crippen molar-refractivity contribution in [1.29, 1.82) is 5.26 Å². The van der Waals surface area contributed by atoms with E-state index in [-0.39, 0.29) is 23.1 Å². The molecule has 0 aromatic carbocycles. The number of aromatic nitrogens is 4. The zero-order valence-electron chi connectivity index (χ0n) is 21.6. The highest BCUT2D eigenvalue weighted by molar-refractivity contribution is 6.29. The molecular formula is C26H32ClN7O2. The third-order valence-electron chi connectivity index (χ3n) is 6.78. The summed E-state index contributed by atoms with van der Waals surface area (Å²) in [5.74, 6) is 0.204. The molecule has 3 aromatic rings. The monoisotopic (exact) mass is 509 g/mol. The van der Waals surface area contributed by atoms with Crippen LogP contribution in [0.2, 0.25) is 5.15 Å². The van der Waals surface area contributed by atoms with Crippen molar-refractivity contribution in [3.05, 3.63) is 51.2 Å². The molecule has 1 aliphatic carbocycles. The van der Waals surface area contributed by atoms with Gasteiger partial charge in [0.2, 0.25) is 0 Å². The van der Waals surface area contributed by atoms with Gasteiger partial charge >= 0.3 is 0 Å². The van der Waals surface area contributed by atoms with E-state index in [1.54, 1.807) is 25.4 Å². The highest BCUT2D eigenvalue weighted by Crippen LogP contribution is 2.35. The highest BCUT2D eigenvalue weighted by atomic mass is 35.5. The van der Waals surface area contributed by atoms with E-state index in [2.05, 4.69) is 21.3 Å². The van der Waals surface area contributed by atoms with Crippen molar-refractivity contribution in [2.24, 2.45) is 25.2 Å². The average molecular weight is 510 g/mol. The number of halogens is 1. The summed E-state index contributed by atoms with van der Waals surface area (Å²) < 4.78 is 3.28. The van der Waals surface area contributed by atoms with Crippen LogP contribution in [-0.4, -0.2) is 43.7 Å². The van der Waals surface area contributed by atoms with Crippen molar-refractivity contribution in [3.63, 3.8) is 0 Å². The van der Waals surface area contributed by atoms with Crippen LogP contribution in [0, 0.1) is 17.2 Å². The van der Waals surface area contributed by atoms with E-state index in [1.165, 1.54) is 4.57 Å². The molecule has 1 saturated carbocycles. The lowest BCUT2D eigenvalue weighted by atomic mass is 9.81. The first-order valence-electron chi connectivity index (χ1n) is 12.1. The van der Waals surface area contributed by atoms with Crippen molar-refractivity contribution >= 4 is 34.0 Å². The van der Waals surface area contributed by atoms with Crippen LogP contribution in [0.15, 0.2) is 34.3 Å². The van der Waals surface area contributed by atoms with Gasteiger partial charge in [-0.1, -0.05) is 16.8 Å². The third kappa shape index (κ3) is 4.96. The lowest BCUT2D eigenvalue weighted by Gasteiger charge is -2.37. The summed E-state index contributed by atoms with van der Waals surface area (Å²) in [6.07, 6.45) is 5.24. The number of hydrogen-bond acceptors (Lipinski definition) is 7. The maximum absolute atomic E-state index is 13.0. The number of pyridine rings is 2. The Labute approximate surface area is 215 Å². The Morgan fingerprint density at radius 1 is 1.22 bits per heavy atom. The van der Waals surface area contributed by atoms with Crippen LogP contribution in [0.1, 0.15) is 57.7 Å². The average Bonchev–Trinajstić information content (AvgIpc) is 3.26. The van der Waals surface area contributed by atoms with E-state index in [1.807, 2.05) is 50.5 Å². The molecule has 3 heterocycles. The molecule has 10 heteroatoms. The molecule has 0 N–H and O–H groups in total. The fourth-order valence-electron chi connectivity index (χ4n) is 4.87. The van der Waals surface area contributed by atoms with Gasteiger partial charge in [0.1, 0.15) is 33.6 Å². The summed E-state index contributed by atoms with van der Waals surface area (Å²) in [5, 5.41) is 19.1. The van der Waals surface area contributed by atoms with E-state index in [0.29, 0.717) is 21.9 Å². The summed E-state index contributed by atoms with van der Waals surface area (Å²) in [7, 11) is 5.49. The van der Waals surface area contributed by atoms with Gasteiger partial charge < -0.3 is 14.3 Å². The first-order valence-corrected chi connectivity index (χ1v) is 12.5. The van der Waals surface area contributed by atoms with Gasteiger partial charge in [0.05, 0.1) is 16.9 Å². The quantitative estimate of drug-likeness (QED) is 0.287. The van der Waals surface area contributed by atoms with Crippen LogP contribution < -0.4 is 10.5 Å². The lowest BCUT2D eigenvalue weighted by molar-refractivity contribution is -0.000113. The second-order valence-corrected chi connectivity index (χ2v) is 10.7. The van der Waals surface area contributed by atoms with Crippen molar-refractivity contribution in [2.75, 3.05) is 11.9 Å². The number of nitriles is 1. The van der Waals surface area contributed by atoms with Gasteiger partial charge in [-0.05, 0) is 64.7 Å². The molecule has 0 saturated heterocycles. The maximum atomic E-state index is 13.0. The summed E-state index contributed by atoms with van der Waals surface area (Å²) >= 11 is 6.21. The molecule has 1 fully saturated rings. The largest absolute Gasteiger partial charge is 0.390 e. The number of aryl methyl sites for hydroxylation is 2. The standard InChI is InChI=1S/C26H32ClN7O2/c1-26(2,3)36-31-22(20-13-14-29-34(20)6)16-7-9-17(10-8-16)32(4)24-18(15-28)25(35)33(5)19-11-12-21(27)30-23(19)24/h11-14,16-17H,7-10H2,1-6H3/b31-22+/t16-,17-. The molecule has 190 valence electrons. The van der Waals surface area contributed by atoms with Gasteiger partial charge in [0.15, 0.2) is 0 Å². The van der Waals surface area contributed by atoms with Gasteiger partial charge in [-0.3, -0.25) is 9.48 Å². The Hall–Kier alpha value is -3.38. The Bertz CT molecular complexity index is 1400. The smallest absolute Gasteiger partial charge is 0.270 e. The van der Waals surface area contributed by atoms with E-state index >= 15 is 0 Å². The summed E-state index contributed by atoms with van der Waals surface area (Å²) in [4.78, 5) is 25.3. The molecule has 0 bridgehead atoms. The van der Waals surface area contributed by atoms with E-state index in [9.17, 15) is 10.1 Å². The van der Waals surface area contributed by atoms with Crippen LogP contribution >= 0.6 is 11.6 Å². The maximum Gasteiger partial charge on any atom is 0.270 e. The van der Waals surface area contributed by atoms with Crippen molar-refractivity contribution < 1.29 is 4.84 Å². The van der Waals surface area contributed by atoms with Crippen LogP contribution in [0.25, 0.3) is 11.0 Å². The Kier molecular flexibility index (Phi) is 7.10. The van der Waals surface area contributed by atoms with E-state index in [0.717, 1.165) is 37.1 Å². The number of fused-ring (bicyclic) bond motifs is 1. The lowest BCUT2D eigenvalue weighted by Crippen LogP contribution is -2.39. The van der Waals surface area contributed by atoms with Crippen LogP contribution in [0.5, 0.6) is 0 Å². The summed E-state index contributed by atoms with van der Waals surface area (Å²) in [6.45, 7) is 5.93. The van der Waals surface area contributed by atoms with Gasteiger partial charge in [-0.25, -0.2) is 4.98 Å². The molecule has 9 nitrogen and oxygen atoms in total. The molecule has 0 aliphatic heterocycles. The molecular weight excluding hydrogens is 478 g/mol. The Balaban J connectivity index is 1.64. The van der Waals surface area contributed by atoms with Crippen molar-refractivity contribution in [3.8, 4) is 6.07 Å². The first-order chi connectivity index (χ1) is 17.0. The second kappa shape index (κ2) is 9.94. The molecule has 0 radical (unpaired) electrons. The zero-order chi connectivity index (χ0) is 26.2. The minimum Gasteiger partial charge on any atom is -0.390 e. The van der Waals surface area contributed by atoms with Crippen molar-refractivity contribution in [2.45, 2.75) is 58.1 Å². The fraction of sp³-hybridized carbons (Fsp3) is 0.500. The molecule has 0 spiro atoms.